The van der Waals surface area contributed by atoms with Crippen molar-refractivity contribution in [1.82, 2.24) is 15.3 Å². The first-order valence-corrected chi connectivity index (χ1v) is 6.88. The second-order valence-corrected chi connectivity index (χ2v) is 4.71. The van der Waals surface area contributed by atoms with Crippen LogP contribution in [0.3, 0.4) is 0 Å². The van der Waals surface area contributed by atoms with Crippen LogP contribution in [-0.2, 0) is 0 Å². The monoisotopic (exact) mass is 299 g/mol. The summed E-state index contributed by atoms with van der Waals surface area (Å²) in [7, 11) is 0. The molecule has 0 saturated carbocycles. The van der Waals surface area contributed by atoms with E-state index in [1.807, 2.05) is 0 Å². The molecule has 0 aliphatic rings. The smallest absolute Gasteiger partial charge is 0.254 e. The Labute approximate surface area is 110 Å². The van der Waals surface area contributed by atoms with Crippen LogP contribution in [-0.4, -0.2) is 27.7 Å². The van der Waals surface area contributed by atoms with Crippen LogP contribution in [0.2, 0.25) is 0 Å². The van der Waals surface area contributed by atoms with Gasteiger partial charge in [0.2, 0.25) is 0 Å². The minimum absolute atomic E-state index is 0.113. The number of hydrogen-bond donors (Lipinski definition) is 1. The van der Waals surface area contributed by atoms with Crippen LogP contribution in [0, 0.1) is 5.41 Å². The number of aromatic nitrogens is 2. The summed E-state index contributed by atoms with van der Waals surface area (Å²) in [5.41, 5.74) is 0.633. The van der Waals surface area contributed by atoms with Crippen LogP contribution < -0.4 is 5.32 Å². The molecule has 0 unspecified atom stereocenters. The number of alkyl halides is 1. The number of halogens is 1. The Morgan fingerprint density at radius 3 is 2.41 bits per heavy atom. The van der Waals surface area contributed by atoms with Crippen LogP contribution in [0.1, 0.15) is 37.0 Å². The highest BCUT2D eigenvalue weighted by molar-refractivity contribution is 9.09. The van der Waals surface area contributed by atoms with E-state index in [-0.39, 0.29) is 11.3 Å². The molecule has 1 aromatic rings. The summed E-state index contributed by atoms with van der Waals surface area (Å²) in [6.45, 7) is 4.95. The van der Waals surface area contributed by atoms with Gasteiger partial charge in [0.15, 0.2) is 0 Å². The average molecular weight is 300 g/mol. The lowest BCUT2D eigenvalue weighted by Crippen LogP contribution is -2.38. The van der Waals surface area contributed by atoms with Gasteiger partial charge in [-0.3, -0.25) is 4.79 Å². The van der Waals surface area contributed by atoms with Gasteiger partial charge in [0.1, 0.15) is 6.33 Å². The summed E-state index contributed by atoms with van der Waals surface area (Å²) < 4.78 is 0. The fraction of sp³-hybridized carbons (Fsp3) is 0.583. The van der Waals surface area contributed by atoms with E-state index in [9.17, 15) is 4.79 Å². The molecule has 5 heteroatoms. The van der Waals surface area contributed by atoms with E-state index < -0.39 is 0 Å². The zero-order chi connectivity index (χ0) is 12.7. The maximum absolute atomic E-state index is 11.8. The number of rotatable bonds is 6. The van der Waals surface area contributed by atoms with Crippen molar-refractivity contribution in [2.45, 2.75) is 26.7 Å². The van der Waals surface area contributed by atoms with Gasteiger partial charge in [0, 0.05) is 24.3 Å². The quantitative estimate of drug-likeness (QED) is 0.821. The topological polar surface area (TPSA) is 54.9 Å². The molecule has 1 heterocycles. The fourth-order valence-electron chi connectivity index (χ4n) is 1.52. The Morgan fingerprint density at radius 2 is 1.94 bits per heavy atom. The van der Waals surface area contributed by atoms with Crippen molar-refractivity contribution < 1.29 is 4.79 Å². The third-order valence-corrected chi connectivity index (χ3v) is 4.42. The molecule has 1 amide bonds. The van der Waals surface area contributed by atoms with Crippen molar-refractivity contribution in [3.63, 3.8) is 0 Å². The van der Waals surface area contributed by atoms with E-state index in [0.29, 0.717) is 12.1 Å². The lowest BCUT2D eigenvalue weighted by Gasteiger charge is -2.29. The third kappa shape index (κ3) is 3.77. The summed E-state index contributed by atoms with van der Waals surface area (Å²) in [4.78, 5) is 19.5. The second kappa shape index (κ2) is 6.69. The molecule has 0 spiro atoms. The normalized spacial score (nSPS) is 11.2. The van der Waals surface area contributed by atoms with Gasteiger partial charge in [-0.05, 0) is 18.3 Å². The van der Waals surface area contributed by atoms with E-state index in [1.165, 1.54) is 18.7 Å². The number of carbonyl (C=O) groups is 1. The summed E-state index contributed by atoms with van der Waals surface area (Å²) in [5, 5.41) is 3.83. The van der Waals surface area contributed by atoms with Crippen molar-refractivity contribution in [3.8, 4) is 0 Å². The summed E-state index contributed by atoms with van der Waals surface area (Å²) in [5.74, 6) is -0.113. The Kier molecular flexibility index (Phi) is 5.55. The molecule has 0 saturated heterocycles. The molecule has 0 aliphatic heterocycles. The Balaban J connectivity index is 2.59. The van der Waals surface area contributed by atoms with E-state index in [4.69, 9.17) is 0 Å². The predicted octanol–water partition coefficient (Wildman–Crippen LogP) is 2.41. The fourth-order valence-corrected chi connectivity index (χ4v) is 2.51. The molecule has 0 radical (unpaired) electrons. The number of nitrogens with one attached hydrogen (secondary N) is 1. The highest BCUT2D eigenvalue weighted by atomic mass is 79.9. The molecule has 0 fully saturated rings. The third-order valence-electron chi connectivity index (χ3n) is 3.23. The van der Waals surface area contributed by atoms with Crippen molar-refractivity contribution in [2.24, 2.45) is 5.41 Å². The molecule has 1 N–H and O–H groups in total. The van der Waals surface area contributed by atoms with Gasteiger partial charge >= 0.3 is 0 Å². The molecular weight excluding hydrogens is 282 g/mol. The lowest BCUT2D eigenvalue weighted by molar-refractivity contribution is 0.0931. The van der Waals surface area contributed by atoms with Crippen molar-refractivity contribution in [2.75, 3.05) is 11.9 Å². The Bertz CT molecular complexity index is 344. The molecule has 1 rings (SSSR count). The highest BCUT2D eigenvalue weighted by Gasteiger charge is 2.25. The zero-order valence-electron chi connectivity index (χ0n) is 10.2. The van der Waals surface area contributed by atoms with Gasteiger partial charge in [-0.25, -0.2) is 9.97 Å². The minimum atomic E-state index is -0.113. The molecule has 0 aliphatic carbocycles. The van der Waals surface area contributed by atoms with E-state index in [1.54, 1.807) is 0 Å². The van der Waals surface area contributed by atoms with Gasteiger partial charge in [0.05, 0.1) is 5.56 Å². The summed E-state index contributed by atoms with van der Waals surface area (Å²) >= 11 is 3.52. The number of nitrogens with zero attached hydrogens (tertiary/aromatic N) is 2. The standard InChI is InChI=1S/C12H18BrN3O/c1-3-12(4-2,7-13)8-16-11(17)10-5-14-9-15-6-10/h5-6,9H,3-4,7-8H2,1-2H3,(H,16,17). The van der Waals surface area contributed by atoms with Crippen LogP contribution in [0.5, 0.6) is 0 Å². The van der Waals surface area contributed by atoms with E-state index in [0.717, 1.165) is 18.2 Å². The maximum atomic E-state index is 11.8. The number of amides is 1. The largest absolute Gasteiger partial charge is 0.351 e. The molecular formula is C12H18BrN3O. The van der Waals surface area contributed by atoms with Crippen LogP contribution >= 0.6 is 15.9 Å². The number of hydrogen-bond acceptors (Lipinski definition) is 3. The van der Waals surface area contributed by atoms with Crippen LogP contribution in [0.15, 0.2) is 18.7 Å². The molecule has 4 nitrogen and oxygen atoms in total. The summed E-state index contributed by atoms with van der Waals surface area (Å²) in [6.07, 6.45) is 6.52. The van der Waals surface area contributed by atoms with E-state index >= 15 is 0 Å². The summed E-state index contributed by atoms with van der Waals surface area (Å²) in [6, 6.07) is 0. The van der Waals surface area contributed by atoms with Crippen LogP contribution in [0.25, 0.3) is 0 Å². The Morgan fingerprint density at radius 1 is 1.35 bits per heavy atom. The highest BCUT2D eigenvalue weighted by Crippen LogP contribution is 2.27. The molecule has 0 aromatic carbocycles. The van der Waals surface area contributed by atoms with E-state index in [2.05, 4.69) is 45.1 Å². The van der Waals surface area contributed by atoms with Crippen molar-refractivity contribution >= 4 is 21.8 Å². The molecule has 0 atom stereocenters. The van der Waals surface area contributed by atoms with Crippen molar-refractivity contribution in [1.29, 1.82) is 0 Å². The first-order chi connectivity index (χ1) is 8.17. The Hall–Kier alpha value is -0.970. The first kappa shape index (κ1) is 14.1. The van der Waals surface area contributed by atoms with Gasteiger partial charge in [-0.2, -0.15) is 0 Å². The SMILES string of the molecule is CCC(CC)(CBr)CNC(=O)c1cncnc1. The molecule has 94 valence electrons. The molecule has 0 bridgehead atoms. The van der Waals surface area contributed by atoms with Gasteiger partial charge < -0.3 is 5.32 Å². The molecule has 1 aromatic heterocycles. The van der Waals surface area contributed by atoms with Crippen LogP contribution in [0.4, 0.5) is 0 Å². The van der Waals surface area contributed by atoms with Gasteiger partial charge in [-0.1, -0.05) is 29.8 Å². The van der Waals surface area contributed by atoms with Crippen molar-refractivity contribution in [3.05, 3.63) is 24.3 Å². The first-order valence-electron chi connectivity index (χ1n) is 5.76. The van der Waals surface area contributed by atoms with Gasteiger partial charge in [0.25, 0.3) is 5.91 Å². The maximum Gasteiger partial charge on any atom is 0.254 e. The molecule has 17 heavy (non-hydrogen) atoms. The van der Waals surface area contributed by atoms with Gasteiger partial charge in [-0.15, -0.1) is 0 Å². The zero-order valence-corrected chi connectivity index (χ0v) is 11.8. The number of carbonyl (C=O) groups excluding carboxylic acids is 1. The lowest BCUT2D eigenvalue weighted by atomic mass is 9.84. The second-order valence-electron chi connectivity index (χ2n) is 4.15. The average Bonchev–Trinajstić information content (AvgIpc) is 2.41. The predicted molar refractivity (Wildman–Crippen MR) is 71.2 cm³/mol. The minimum Gasteiger partial charge on any atom is -0.351 e.